The zero-order valence-corrected chi connectivity index (χ0v) is 9.39. The molecule has 0 aromatic carbocycles. The molecule has 0 spiro atoms. The first-order valence-corrected chi connectivity index (χ1v) is 6.08. The lowest BCUT2D eigenvalue weighted by molar-refractivity contribution is 0.238. The lowest BCUT2D eigenvalue weighted by Crippen LogP contribution is -2.17. The first kappa shape index (κ1) is 10.2. The highest BCUT2D eigenvalue weighted by Gasteiger charge is 2.35. The fraction of sp³-hybridized carbons (Fsp3) is 0.909. The summed E-state index contributed by atoms with van der Waals surface area (Å²) >= 11 is 4.71. The van der Waals surface area contributed by atoms with Crippen molar-refractivity contribution >= 4 is 17.4 Å². The third-order valence-electron chi connectivity index (χ3n) is 3.80. The van der Waals surface area contributed by atoms with E-state index in [9.17, 15) is 0 Å². The summed E-state index contributed by atoms with van der Waals surface area (Å²) < 4.78 is 5.24. The van der Waals surface area contributed by atoms with Crippen LogP contribution < -0.4 is 5.73 Å². The number of ether oxygens (including phenoxy) is 1. The number of hydrogen-bond acceptors (Lipinski definition) is 2. The molecule has 2 aliphatic carbocycles. The highest BCUT2D eigenvalue weighted by molar-refractivity contribution is 7.80. The molecule has 2 atom stereocenters. The maximum atomic E-state index is 5.33. The Balaban J connectivity index is 1.78. The SMILES string of the molecule is NC(=S)OCC1CC2CCCCC2C1. The standard InChI is InChI=1S/C11H19NOS/c12-11(14)13-7-8-5-9-3-1-2-4-10(9)6-8/h8-10H,1-7H2,(H2,12,14). The van der Waals surface area contributed by atoms with Gasteiger partial charge in [-0.1, -0.05) is 25.7 Å². The second kappa shape index (κ2) is 4.47. The number of fused-ring (bicyclic) bond motifs is 1. The number of thiocarbonyl (C=S) groups is 1. The normalized spacial score (nSPS) is 36.4. The Morgan fingerprint density at radius 2 is 1.79 bits per heavy atom. The summed E-state index contributed by atoms with van der Waals surface area (Å²) in [5.74, 6) is 2.66. The molecule has 2 nitrogen and oxygen atoms in total. The first-order chi connectivity index (χ1) is 6.75. The Morgan fingerprint density at radius 1 is 1.21 bits per heavy atom. The molecule has 14 heavy (non-hydrogen) atoms. The molecule has 0 saturated heterocycles. The van der Waals surface area contributed by atoms with Crippen LogP contribution in [0.3, 0.4) is 0 Å². The van der Waals surface area contributed by atoms with Crippen molar-refractivity contribution in [2.75, 3.05) is 6.61 Å². The molecule has 2 fully saturated rings. The van der Waals surface area contributed by atoms with Gasteiger partial charge in [0.25, 0.3) is 5.17 Å². The van der Waals surface area contributed by atoms with Gasteiger partial charge in [-0.2, -0.15) is 0 Å². The summed E-state index contributed by atoms with van der Waals surface area (Å²) in [6.07, 6.45) is 8.43. The zero-order valence-electron chi connectivity index (χ0n) is 8.58. The van der Waals surface area contributed by atoms with Crippen molar-refractivity contribution < 1.29 is 4.74 Å². The van der Waals surface area contributed by atoms with Gasteiger partial charge in [0.1, 0.15) is 0 Å². The molecule has 0 aromatic rings. The van der Waals surface area contributed by atoms with Gasteiger partial charge in [0.05, 0.1) is 6.61 Å². The van der Waals surface area contributed by atoms with Crippen molar-refractivity contribution in [3.05, 3.63) is 0 Å². The van der Waals surface area contributed by atoms with Crippen LogP contribution in [0.4, 0.5) is 0 Å². The lowest BCUT2D eigenvalue weighted by Gasteiger charge is -2.24. The average Bonchev–Trinajstić information content (AvgIpc) is 2.57. The van der Waals surface area contributed by atoms with Crippen molar-refractivity contribution in [3.8, 4) is 0 Å². The maximum Gasteiger partial charge on any atom is 0.253 e. The Hall–Kier alpha value is -0.310. The van der Waals surface area contributed by atoms with E-state index >= 15 is 0 Å². The van der Waals surface area contributed by atoms with Gasteiger partial charge < -0.3 is 10.5 Å². The molecule has 0 radical (unpaired) electrons. The average molecular weight is 213 g/mol. The van der Waals surface area contributed by atoms with Crippen LogP contribution in [0.1, 0.15) is 38.5 Å². The Labute approximate surface area is 91.2 Å². The van der Waals surface area contributed by atoms with Crippen LogP contribution in [0.5, 0.6) is 0 Å². The van der Waals surface area contributed by atoms with Gasteiger partial charge >= 0.3 is 0 Å². The maximum absolute atomic E-state index is 5.33. The third-order valence-corrected chi connectivity index (χ3v) is 3.92. The quantitative estimate of drug-likeness (QED) is 0.716. The number of rotatable bonds is 2. The molecule has 80 valence electrons. The molecule has 2 rings (SSSR count). The van der Waals surface area contributed by atoms with Crippen LogP contribution in [-0.4, -0.2) is 11.8 Å². The highest BCUT2D eigenvalue weighted by atomic mass is 32.1. The fourth-order valence-electron chi connectivity index (χ4n) is 3.19. The van der Waals surface area contributed by atoms with Crippen LogP contribution in [0.15, 0.2) is 0 Å². The van der Waals surface area contributed by atoms with E-state index < -0.39 is 0 Å². The van der Waals surface area contributed by atoms with Crippen LogP contribution >= 0.6 is 12.2 Å². The van der Waals surface area contributed by atoms with Gasteiger partial charge in [-0.15, -0.1) is 0 Å². The van der Waals surface area contributed by atoms with Crippen molar-refractivity contribution in [1.29, 1.82) is 0 Å². The van der Waals surface area contributed by atoms with E-state index in [4.69, 9.17) is 22.7 Å². The van der Waals surface area contributed by atoms with Crippen molar-refractivity contribution in [2.45, 2.75) is 38.5 Å². The molecule has 2 N–H and O–H groups in total. The smallest absolute Gasteiger partial charge is 0.253 e. The number of nitrogens with two attached hydrogens (primary N) is 1. The van der Waals surface area contributed by atoms with Gasteiger partial charge in [-0.3, -0.25) is 0 Å². The van der Waals surface area contributed by atoms with E-state index in [1.54, 1.807) is 0 Å². The minimum Gasteiger partial charge on any atom is -0.471 e. The molecule has 0 aliphatic heterocycles. The van der Waals surface area contributed by atoms with Gasteiger partial charge in [-0.25, -0.2) is 0 Å². The van der Waals surface area contributed by atoms with Crippen LogP contribution in [0.2, 0.25) is 0 Å². The first-order valence-electron chi connectivity index (χ1n) is 5.68. The lowest BCUT2D eigenvalue weighted by atomic mass is 9.82. The van der Waals surface area contributed by atoms with Crippen molar-refractivity contribution in [2.24, 2.45) is 23.5 Å². The van der Waals surface area contributed by atoms with Crippen molar-refractivity contribution in [1.82, 2.24) is 0 Å². The molecule has 0 aromatic heterocycles. The van der Waals surface area contributed by atoms with E-state index in [0.717, 1.165) is 18.4 Å². The Morgan fingerprint density at radius 3 is 2.29 bits per heavy atom. The van der Waals surface area contributed by atoms with E-state index in [1.807, 2.05) is 0 Å². The van der Waals surface area contributed by atoms with E-state index in [1.165, 1.54) is 38.5 Å². The second-order valence-electron chi connectivity index (χ2n) is 4.77. The summed E-state index contributed by atoms with van der Waals surface area (Å²) in [4.78, 5) is 0. The van der Waals surface area contributed by atoms with Crippen LogP contribution in [0.25, 0.3) is 0 Å². The van der Waals surface area contributed by atoms with E-state index in [-0.39, 0.29) is 5.17 Å². The molecule has 0 bridgehead atoms. The second-order valence-corrected chi connectivity index (χ2v) is 5.17. The molecule has 2 unspecified atom stereocenters. The monoisotopic (exact) mass is 213 g/mol. The Bertz CT molecular complexity index is 205. The summed E-state index contributed by atoms with van der Waals surface area (Å²) in [6.45, 7) is 0.752. The van der Waals surface area contributed by atoms with Gasteiger partial charge in [0.15, 0.2) is 0 Å². The zero-order chi connectivity index (χ0) is 9.97. The molecule has 3 heteroatoms. The van der Waals surface area contributed by atoms with Gasteiger partial charge in [0, 0.05) is 0 Å². The molecule has 0 amide bonds. The van der Waals surface area contributed by atoms with Crippen LogP contribution in [0, 0.1) is 17.8 Å². The summed E-state index contributed by atoms with van der Waals surface area (Å²) in [7, 11) is 0. The summed E-state index contributed by atoms with van der Waals surface area (Å²) in [5.41, 5.74) is 5.33. The predicted octanol–water partition coefficient (Wildman–Crippen LogP) is 2.46. The number of hydrogen-bond donors (Lipinski definition) is 1. The van der Waals surface area contributed by atoms with Crippen molar-refractivity contribution in [3.63, 3.8) is 0 Å². The van der Waals surface area contributed by atoms with E-state index in [2.05, 4.69) is 0 Å². The molecular formula is C11H19NOS. The molecule has 2 aliphatic rings. The van der Waals surface area contributed by atoms with Gasteiger partial charge in [-0.05, 0) is 42.8 Å². The largest absolute Gasteiger partial charge is 0.471 e. The summed E-state index contributed by atoms with van der Waals surface area (Å²) in [5, 5.41) is 0.208. The summed E-state index contributed by atoms with van der Waals surface area (Å²) in [6, 6.07) is 0. The predicted molar refractivity (Wildman–Crippen MR) is 60.9 cm³/mol. The minimum atomic E-state index is 0.208. The molecule has 0 heterocycles. The van der Waals surface area contributed by atoms with Gasteiger partial charge in [0.2, 0.25) is 0 Å². The molecule has 2 saturated carbocycles. The minimum absolute atomic E-state index is 0.208. The Kier molecular flexibility index (Phi) is 3.26. The van der Waals surface area contributed by atoms with Crippen LogP contribution in [-0.2, 0) is 4.74 Å². The molecular weight excluding hydrogens is 194 g/mol. The fourth-order valence-corrected chi connectivity index (χ4v) is 3.26. The van der Waals surface area contributed by atoms with E-state index in [0.29, 0.717) is 5.92 Å². The highest BCUT2D eigenvalue weighted by Crippen LogP contribution is 2.44. The topological polar surface area (TPSA) is 35.2 Å². The third kappa shape index (κ3) is 2.38.